The first-order valence-corrected chi connectivity index (χ1v) is 14.1. The molecular formula is C29H35N3O4S. The molecule has 3 aromatic rings. The Kier molecular flexibility index (Phi) is 9.47. The number of likely N-dealkylation sites (N-methyl/N-ethyl adjacent to an activating group) is 1. The van der Waals surface area contributed by atoms with Gasteiger partial charge in [0.25, 0.3) is 0 Å². The number of nitrogens with one attached hydrogen (secondary N) is 1. The van der Waals surface area contributed by atoms with Gasteiger partial charge in [0, 0.05) is 20.0 Å². The van der Waals surface area contributed by atoms with Crippen LogP contribution in [-0.2, 0) is 39.0 Å². The molecule has 7 nitrogen and oxygen atoms in total. The van der Waals surface area contributed by atoms with Crippen LogP contribution in [0.4, 0.5) is 5.69 Å². The lowest BCUT2D eigenvalue weighted by Crippen LogP contribution is -2.53. The van der Waals surface area contributed by atoms with E-state index in [1.165, 1.54) is 11.9 Å². The molecular weight excluding hydrogens is 486 g/mol. The van der Waals surface area contributed by atoms with Crippen LogP contribution in [-0.4, -0.2) is 51.0 Å². The van der Waals surface area contributed by atoms with Gasteiger partial charge in [-0.2, -0.15) is 0 Å². The molecule has 0 radical (unpaired) electrons. The molecule has 0 saturated heterocycles. The summed E-state index contributed by atoms with van der Waals surface area (Å²) in [6, 6.07) is 23.4. The minimum absolute atomic E-state index is 0.169. The summed E-state index contributed by atoms with van der Waals surface area (Å²) in [5.74, 6) is -0.776. The first-order valence-electron chi connectivity index (χ1n) is 12.3. The van der Waals surface area contributed by atoms with E-state index < -0.39 is 28.5 Å². The summed E-state index contributed by atoms with van der Waals surface area (Å²) in [7, 11) is -2.24. The normalized spacial score (nSPS) is 12.0. The van der Waals surface area contributed by atoms with Crippen molar-refractivity contribution in [1.82, 2.24) is 10.2 Å². The van der Waals surface area contributed by atoms with E-state index in [4.69, 9.17) is 0 Å². The van der Waals surface area contributed by atoms with Gasteiger partial charge in [-0.05, 0) is 47.7 Å². The summed E-state index contributed by atoms with van der Waals surface area (Å²) in [5, 5.41) is 2.68. The van der Waals surface area contributed by atoms with Crippen LogP contribution in [0, 0.1) is 6.92 Å². The highest BCUT2D eigenvalue weighted by molar-refractivity contribution is 7.92. The number of carbonyl (C=O) groups is 2. The standard InChI is InChI=1S/C29H35N3O4S/c1-5-23-15-17-26(18-16-23)32(37(4,35)36)21-28(33)31(20-25-14-10-9-11-22(25)2)27(29(34)30-3)19-24-12-7-6-8-13-24/h6-18,27H,5,19-21H2,1-4H3,(H,30,34)/t27-/m0/s1. The van der Waals surface area contributed by atoms with Crippen LogP contribution in [0.15, 0.2) is 78.9 Å². The summed E-state index contributed by atoms with van der Waals surface area (Å²) in [4.78, 5) is 28.5. The summed E-state index contributed by atoms with van der Waals surface area (Å²) < 4.78 is 26.7. The van der Waals surface area contributed by atoms with E-state index >= 15 is 0 Å². The minimum Gasteiger partial charge on any atom is -0.357 e. The minimum atomic E-state index is -3.77. The fraction of sp³-hybridized carbons (Fsp3) is 0.310. The van der Waals surface area contributed by atoms with Crippen LogP contribution in [0.25, 0.3) is 0 Å². The second-order valence-corrected chi connectivity index (χ2v) is 11.0. The largest absolute Gasteiger partial charge is 0.357 e. The molecule has 2 amide bonds. The first-order chi connectivity index (χ1) is 17.6. The van der Waals surface area contributed by atoms with Gasteiger partial charge in [-0.25, -0.2) is 8.42 Å². The third-order valence-corrected chi connectivity index (χ3v) is 7.57. The average molecular weight is 522 g/mol. The molecule has 0 spiro atoms. The van der Waals surface area contributed by atoms with Crippen molar-refractivity contribution in [2.75, 3.05) is 24.2 Å². The Balaban J connectivity index is 2.02. The van der Waals surface area contributed by atoms with Gasteiger partial charge < -0.3 is 10.2 Å². The van der Waals surface area contributed by atoms with Crippen LogP contribution in [0.5, 0.6) is 0 Å². The number of anilines is 1. The van der Waals surface area contributed by atoms with Gasteiger partial charge in [-0.1, -0.05) is 73.7 Å². The molecule has 3 rings (SSSR count). The van der Waals surface area contributed by atoms with Crippen LogP contribution < -0.4 is 9.62 Å². The van der Waals surface area contributed by atoms with Crippen LogP contribution in [0.1, 0.15) is 29.2 Å². The Morgan fingerprint density at radius 1 is 0.892 bits per heavy atom. The zero-order chi connectivity index (χ0) is 27.0. The van der Waals surface area contributed by atoms with E-state index in [9.17, 15) is 18.0 Å². The number of aryl methyl sites for hydroxylation is 2. The first kappa shape index (κ1) is 27.9. The predicted molar refractivity (Wildman–Crippen MR) is 148 cm³/mol. The topological polar surface area (TPSA) is 86.8 Å². The molecule has 0 aliphatic rings. The van der Waals surface area contributed by atoms with Gasteiger partial charge in [0.2, 0.25) is 21.8 Å². The van der Waals surface area contributed by atoms with Crippen molar-refractivity contribution >= 4 is 27.5 Å². The number of hydrogen-bond acceptors (Lipinski definition) is 4. The monoisotopic (exact) mass is 521 g/mol. The average Bonchev–Trinajstić information content (AvgIpc) is 2.89. The highest BCUT2D eigenvalue weighted by atomic mass is 32.2. The highest BCUT2D eigenvalue weighted by Gasteiger charge is 2.32. The number of hydrogen-bond donors (Lipinski definition) is 1. The second-order valence-electron chi connectivity index (χ2n) is 9.06. The molecule has 0 aliphatic carbocycles. The Morgan fingerprint density at radius 2 is 1.51 bits per heavy atom. The van der Waals surface area contributed by atoms with E-state index in [0.717, 1.165) is 39.2 Å². The van der Waals surface area contributed by atoms with Crippen molar-refractivity contribution in [1.29, 1.82) is 0 Å². The molecule has 196 valence electrons. The van der Waals surface area contributed by atoms with Crippen molar-refractivity contribution in [2.45, 2.75) is 39.3 Å². The number of sulfonamides is 1. The van der Waals surface area contributed by atoms with Crippen molar-refractivity contribution in [3.05, 3.63) is 101 Å². The molecule has 0 heterocycles. The lowest BCUT2D eigenvalue weighted by molar-refractivity contribution is -0.139. The molecule has 0 fully saturated rings. The van der Waals surface area contributed by atoms with Gasteiger partial charge in [-0.3, -0.25) is 13.9 Å². The number of nitrogens with zero attached hydrogens (tertiary/aromatic N) is 2. The lowest BCUT2D eigenvalue weighted by atomic mass is 10.0. The molecule has 1 N–H and O–H groups in total. The van der Waals surface area contributed by atoms with Gasteiger partial charge in [0.05, 0.1) is 11.9 Å². The van der Waals surface area contributed by atoms with Gasteiger partial charge in [0.15, 0.2) is 0 Å². The number of rotatable bonds is 11. The SMILES string of the molecule is CCc1ccc(N(CC(=O)N(Cc2ccccc2C)[C@@H](Cc2ccccc2)C(=O)NC)S(C)(=O)=O)cc1. The maximum Gasteiger partial charge on any atom is 0.244 e. The van der Waals surface area contributed by atoms with E-state index in [0.29, 0.717) is 12.1 Å². The fourth-order valence-corrected chi connectivity index (χ4v) is 5.05. The highest BCUT2D eigenvalue weighted by Crippen LogP contribution is 2.22. The lowest BCUT2D eigenvalue weighted by Gasteiger charge is -2.33. The summed E-state index contributed by atoms with van der Waals surface area (Å²) in [6.07, 6.45) is 2.19. The van der Waals surface area contributed by atoms with Crippen molar-refractivity contribution in [3.63, 3.8) is 0 Å². The van der Waals surface area contributed by atoms with Crippen molar-refractivity contribution in [2.24, 2.45) is 0 Å². The van der Waals surface area contributed by atoms with E-state index in [2.05, 4.69) is 5.32 Å². The molecule has 1 atom stereocenters. The van der Waals surface area contributed by atoms with E-state index in [-0.39, 0.29) is 12.5 Å². The van der Waals surface area contributed by atoms with E-state index in [1.807, 2.05) is 80.6 Å². The molecule has 37 heavy (non-hydrogen) atoms. The molecule has 0 aliphatic heterocycles. The quantitative estimate of drug-likeness (QED) is 0.417. The van der Waals surface area contributed by atoms with Crippen LogP contribution >= 0.6 is 0 Å². The smallest absolute Gasteiger partial charge is 0.244 e. The third kappa shape index (κ3) is 7.43. The fourth-order valence-electron chi connectivity index (χ4n) is 4.20. The van der Waals surface area contributed by atoms with Gasteiger partial charge in [0.1, 0.15) is 12.6 Å². The predicted octanol–water partition coefficient (Wildman–Crippen LogP) is 3.71. The Hall–Kier alpha value is -3.65. The van der Waals surface area contributed by atoms with Crippen LogP contribution in [0.2, 0.25) is 0 Å². The second kappa shape index (κ2) is 12.5. The van der Waals surface area contributed by atoms with E-state index in [1.54, 1.807) is 12.1 Å². The maximum absolute atomic E-state index is 13.9. The number of amides is 2. The van der Waals surface area contributed by atoms with Crippen molar-refractivity contribution < 1.29 is 18.0 Å². The van der Waals surface area contributed by atoms with Crippen LogP contribution in [0.3, 0.4) is 0 Å². The Morgan fingerprint density at radius 3 is 2.08 bits per heavy atom. The molecule has 0 bridgehead atoms. The molecule has 0 aromatic heterocycles. The molecule has 0 saturated carbocycles. The summed E-state index contributed by atoms with van der Waals surface area (Å²) in [6.45, 7) is 3.71. The molecule has 0 unspecified atom stereocenters. The summed E-state index contributed by atoms with van der Waals surface area (Å²) >= 11 is 0. The zero-order valence-electron chi connectivity index (χ0n) is 21.8. The number of benzene rings is 3. The maximum atomic E-state index is 13.9. The van der Waals surface area contributed by atoms with Crippen molar-refractivity contribution in [3.8, 4) is 0 Å². The number of carbonyl (C=O) groups excluding carboxylic acids is 2. The Bertz CT molecular complexity index is 1310. The van der Waals surface area contributed by atoms with Gasteiger partial charge >= 0.3 is 0 Å². The zero-order valence-corrected chi connectivity index (χ0v) is 22.7. The molecule has 3 aromatic carbocycles. The van der Waals surface area contributed by atoms with Gasteiger partial charge in [-0.15, -0.1) is 0 Å². The summed E-state index contributed by atoms with van der Waals surface area (Å²) in [5.41, 5.74) is 4.23. The Labute approximate surface area is 220 Å². The molecule has 8 heteroatoms. The third-order valence-electron chi connectivity index (χ3n) is 6.43.